The van der Waals surface area contributed by atoms with Gasteiger partial charge in [-0.25, -0.2) is 0 Å². The molecule has 1 aromatic carbocycles. The molecule has 1 aliphatic rings. The molecule has 0 saturated carbocycles. The van der Waals surface area contributed by atoms with E-state index >= 15 is 0 Å². The van der Waals surface area contributed by atoms with Crippen molar-refractivity contribution in [3.05, 3.63) is 34.3 Å². The molecule has 1 N–H and O–H groups in total. The number of aliphatic hydroxyl groups excluding tert-OH is 1. The van der Waals surface area contributed by atoms with Crippen LogP contribution in [0.3, 0.4) is 0 Å². The summed E-state index contributed by atoms with van der Waals surface area (Å²) in [5.41, 5.74) is 0.748. The standard InChI is InChI=1S/C12H13BrO3/c13-9-3-1-2-8(6-9)12(15)10-7-16-5-4-11(10)14/h1-3,6,10,12,15H,4-5,7H2/t10-,12+/m0/s1. The number of ketones is 1. The SMILES string of the molecule is O=C1CCOC[C@@H]1[C@H](O)c1cccc(Br)c1. The molecule has 2 rings (SSSR count). The highest BCUT2D eigenvalue weighted by molar-refractivity contribution is 9.10. The van der Waals surface area contributed by atoms with E-state index in [1.165, 1.54) is 0 Å². The average molecular weight is 285 g/mol. The zero-order valence-electron chi connectivity index (χ0n) is 8.73. The van der Waals surface area contributed by atoms with E-state index in [-0.39, 0.29) is 5.78 Å². The van der Waals surface area contributed by atoms with Crippen LogP contribution in [0.15, 0.2) is 28.7 Å². The van der Waals surface area contributed by atoms with Crippen LogP contribution in [0.5, 0.6) is 0 Å². The van der Waals surface area contributed by atoms with Crippen LogP contribution in [-0.4, -0.2) is 24.1 Å². The maximum absolute atomic E-state index is 11.6. The summed E-state index contributed by atoms with van der Waals surface area (Å²) in [6, 6.07) is 7.37. The minimum Gasteiger partial charge on any atom is -0.388 e. The predicted molar refractivity (Wildman–Crippen MR) is 63.0 cm³/mol. The monoisotopic (exact) mass is 284 g/mol. The van der Waals surface area contributed by atoms with Gasteiger partial charge in [-0.05, 0) is 17.7 Å². The molecule has 86 valence electrons. The first kappa shape index (κ1) is 11.8. The maximum Gasteiger partial charge on any atom is 0.143 e. The lowest BCUT2D eigenvalue weighted by Gasteiger charge is -2.25. The third-order valence-corrected chi connectivity index (χ3v) is 3.27. The molecule has 3 nitrogen and oxygen atoms in total. The summed E-state index contributed by atoms with van der Waals surface area (Å²) in [7, 11) is 0. The fourth-order valence-corrected chi connectivity index (χ4v) is 2.27. The summed E-state index contributed by atoms with van der Waals surface area (Å²) in [6.45, 7) is 0.785. The highest BCUT2D eigenvalue weighted by Gasteiger charge is 2.30. The molecule has 0 bridgehead atoms. The van der Waals surface area contributed by atoms with Gasteiger partial charge < -0.3 is 9.84 Å². The van der Waals surface area contributed by atoms with E-state index in [0.717, 1.165) is 10.0 Å². The highest BCUT2D eigenvalue weighted by Crippen LogP contribution is 2.27. The van der Waals surface area contributed by atoms with E-state index in [1.807, 2.05) is 24.3 Å². The Labute approximate surface area is 103 Å². The summed E-state index contributed by atoms with van der Waals surface area (Å²) < 4.78 is 6.13. The van der Waals surface area contributed by atoms with E-state index in [4.69, 9.17) is 4.74 Å². The molecular weight excluding hydrogens is 272 g/mol. The number of carbonyl (C=O) groups is 1. The van der Waals surface area contributed by atoms with Crippen LogP contribution < -0.4 is 0 Å². The molecule has 16 heavy (non-hydrogen) atoms. The van der Waals surface area contributed by atoms with E-state index in [0.29, 0.717) is 19.6 Å². The Hall–Kier alpha value is -0.710. The first-order valence-corrected chi connectivity index (χ1v) is 6.02. The predicted octanol–water partition coefficient (Wildman–Crippen LogP) is 2.09. The van der Waals surface area contributed by atoms with Crippen molar-refractivity contribution in [3.63, 3.8) is 0 Å². The third kappa shape index (κ3) is 2.51. The molecule has 1 aliphatic heterocycles. The molecule has 2 atom stereocenters. The summed E-state index contributed by atoms with van der Waals surface area (Å²) in [5, 5.41) is 10.1. The number of ether oxygens (including phenoxy) is 1. The molecule has 4 heteroatoms. The Kier molecular flexibility index (Phi) is 3.74. The van der Waals surface area contributed by atoms with Crippen LogP contribution in [0, 0.1) is 5.92 Å². The molecule has 1 heterocycles. The average Bonchev–Trinajstić information content (AvgIpc) is 2.29. The number of rotatable bonds is 2. The number of hydrogen-bond donors (Lipinski definition) is 1. The van der Waals surface area contributed by atoms with Gasteiger partial charge in [-0.3, -0.25) is 4.79 Å². The number of carbonyl (C=O) groups excluding carboxylic acids is 1. The van der Waals surface area contributed by atoms with Crippen molar-refractivity contribution in [2.45, 2.75) is 12.5 Å². The van der Waals surface area contributed by atoms with Gasteiger partial charge in [0.2, 0.25) is 0 Å². The Balaban J connectivity index is 2.17. The molecule has 1 aromatic rings. The fourth-order valence-electron chi connectivity index (χ4n) is 1.85. The highest BCUT2D eigenvalue weighted by atomic mass is 79.9. The first-order valence-electron chi connectivity index (χ1n) is 5.22. The summed E-state index contributed by atoms with van der Waals surface area (Å²) in [4.78, 5) is 11.6. The molecule has 0 radical (unpaired) electrons. The number of hydrogen-bond acceptors (Lipinski definition) is 3. The molecule has 0 aliphatic carbocycles. The van der Waals surface area contributed by atoms with Gasteiger partial charge in [-0.1, -0.05) is 28.1 Å². The lowest BCUT2D eigenvalue weighted by molar-refractivity contribution is -0.136. The smallest absolute Gasteiger partial charge is 0.143 e. The van der Waals surface area contributed by atoms with E-state index in [2.05, 4.69) is 15.9 Å². The summed E-state index contributed by atoms with van der Waals surface area (Å²) in [6.07, 6.45) is -0.374. The van der Waals surface area contributed by atoms with Gasteiger partial charge >= 0.3 is 0 Å². The molecule has 1 saturated heterocycles. The Bertz CT molecular complexity index is 392. The Morgan fingerprint density at radius 2 is 2.31 bits per heavy atom. The second-order valence-electron chi connectivity index (χ2n) is 3.90. The maximum atomic E-state index is 11.6. The van der Waals surface area contributed by atoms with Crippen molar-refractivity contribution in [2.75, 3.05) is 13.2 Å². The van der Waals surface area contributed by atoms with Crippen LogP contribution in [0.25, 0.3) is 0 Å². The normalized spacial score (nSPS) is 23.1. The van der Waals surface area contributed by atoms with Crippen LogP contribution in [-0.2, 0) is 9.53 Å². The molecule has 0 aromatic heterocycles. The van der Waals surface area contributed by atoms with Gasteiger partial charge in [0.05, 0.1) is 25.2 Å². The second kappa shape index (κ2) is 5.08. The topological polar surface area (TPSA) is 46.5 Å². The third-order valence-electron chi connectivity index (χ3n) is 2.78. The van der Waals surface area contributed by atoms with Gasteiger partial charge in [0, 0.05) is 10.9 Å². The minimum atomic E-state index is -0.773. The number of Topliss-reactive ketones (excluding diaryl/α,β-unsaturated/α-hetero) is 1. The largest absolute Gasteiger partial charge is 0.388 e. The number of benzene rings is 1. The lowest BCUT2D eigenvalue weighted by Crippen LogP contribution is -2.32. The molecule has 0 unspecified atom stereocenters. The molecule has 0 amide bonds. The van der Waals surface area contributed by atoms with Gasteiger partial charge in [-0.2, -0.15) is 0 Å². The molecular formula is C12H13BrO3. The second-order valence-corrected chi connectivity index (χ2v) is 4.81. The summed E-state index contributed by atoms with van der Waals surface area (Å²) >= 11 is 3.34. The van der Waals surface area contributed by atoms with E-state index < -0.39 is 12.0 Å². The number of halogens is 1. The van der Waals surface area contributed by atoms with E-state index in [1.54, 1.807) is 0 Å². The van der Waals surface area contributed by atoms with Gasteiger partial charge in [0.1, 0.15) is 5.78 Å². The van der Waals surface area contributed by atoms with Crippen molar-refractivity contribution < 1.29 is 14.6 Å². The van der Waals surface area contributed by atoms with Crippen molar-refractivity contribution in [1.82, 2.24) is 0 Å². The van der Waals surface area contributed by atoms with E-state index in [9.17, 15) is 9.90 Å². The fraction of sp³-hybridized carbons (Fsp3) is 0.417. The van der Waals surface area contributed by atoms with Crippen LogP contribution >= 0.6 is 15.9 Å². The molecule has 1 fully saturated rings. The van der Waals surface area contributed by atoms with Crippen LogP contribution in [0.1, 0.15) is 18.1 Å². The van der Waals surface area contributed by atoms with Crippen LogP contribution in [0.2, 0.25) is 0 Å². The lowest BCUT2D eigenvalue weighted by atomic mass is 9.90. The summed E-state index contributed by atoms with van der Waals surface area (Å²) in [5.74, 6) is -0.346. The van der Waals surface area contributed by atoms with Crippen molar-refractivity contribution >= 4 is 21.7 Å². The van der Waals surface area contributed by atoms with Crippen molar-refractivity contribution in [2.24, 2.45) is 5.92 Å². The van der Waals surface area contributed by atoms with Crippen molar-refractivity contribution in [3.8, 4) is 0 Å². The number of aliphatic hydroxyl groups is 1. The van der Waals surface area contributed by atoms with Gasteiger partial charge in [-0.15, -0.1) is 0 Å². The van der Waals surface area contributed by atoms with Gasteiger partial charge in [0.25, 0.3) is 0 Å². The minimum absolute atomic E-state index is 0.0822. The first-order chi connectivity index (χ1) is 7.68. The Morgan fingerprint density at radius 1 is 1.50 bits per heavy atom. The van der Waals surface area contributed by atoms with Crippen LogP contribution in [0.4, 0.5) is 0 Å². The van der Waals surface area contributed by atoms with Gasteiger partial charge in [0.15, 0.2) is 0 Å². The zero-order chi connectivity index (χ0) is 11.5. The quantitative estimate of drug-likeness (QED) is 0.905. The zero-order valence-corrected chi connectivity index (χ0v) is 10.3. The Morgan fingerprint density at radius 3 is 3.00 bits per heavy atom. The van der Waals surface area contributed by atoms with Crippen molar-refractivity contribution in [1.29, 1.82) is 0 Å². The molecule has 0 spiro atoms.